The zero-order chi connectivity index (χ0) is 10.7. The topological polar surface area (TPSA) is 20.3 Å². The SMILES string of the molecule is C#CCN(C)C(=O)c1cc(Br)c(Br)s1. The first-order chi connectivity index (χ1) is 6.56. The summed E-state index contributed by atoms with van der Waals surface area (Å²) in [4.78, 5) is 13.9. The molecule has 0 saturated carbocycles. The summed E-state index contributed by atoms with van der Waals surface area (Å²) in [7, 11) is 1.68. The Bertz CT molecular complexity index is 375. The highest BCUT2D eigenvalue weighted by molar-refractivity contribution is 9.13. The molecule has 74 valence electrons. The quantitative estimate of drug-likeness (QED) is 0.760. The number of rotatable bonds is 2. The monoisotopic (exact) mass is 335 g/mol. The molecular weight excluding hydrogens is 330 g/mol. The molecule has 0 radical (unpaired) electrons. The van der Waals surface area contributed by atoms with Gasteiger partial charge in [-0.2, -0.15) is 0 Å². The maximum Gasteiger partial charge on any atom is 0.264 e. The molecule has 1 aromatic rings. The molecule has 0 N–H and O–H groups in total. The summed E-state index contributed by atoms with van der Waals surface area (Å²) in [5.41, 5.74) is 0. The van der Waals surface area contributed by atoms with Crippen molar-refractivity contribution in [2.45, 2.75) is 0 Å². The fourth-order valence-corrected chi connectivity index (χ4v) is 2.88. The first kappa shape index (κ1) is 11.8. The van der Waals surface area contributed by atoms with Gasteiger partial charge in [-0.05, 0) is 37.9 Å². The molecule has 5 heteroatoms. The van der Waals surface area contributed by atoms with Gasteiger partial charge in [-0.15, -0.1) is 17.8 Å². The van der Waals surface area contributed by atoms with Crippen LogP contribution in [0.25, 0.3) is 0 Å². The van der Waals surface area contributed by atoms with Crippen molar-refractivity contribution in [3.63, 3.8) is 0 Å². The first-order valence-electron chi connectivity index (χ1n) is 3.70. The van der Waals surface area contributed by atoms with Gasteiger partial charge >= 0.3 is 0 Å². The Labute approximate surface area is 104 Å². The lowest BCUT2D eigenvalue weighted by molar-refractivity contribution is 0.0817. The highest BCUT2D eigenvalue weighted by Crippen LogP contribution is 2.32. The third kappa shape index (κ3) is 2.59. The van der Waals surface area contributed by atoms with Crippen molar-refractivity contribution < 1.29 is 4.79 Å². The van der Waals surface area contributed by atoms with Crippen LogP contribution in [0.2, 0.25) is 0 Å². The van der Waals surface area contributed by atoms with Crippen LogP contribution in [-0.2, 0) is 0 Å². The summed E-state index contributed by atoms with van der Waals surface area (Å²) in [6.07, 6.45) is 5.12. The molecule has 2 nitrogen and oxygen atoms in total. The smallest absolute Gasteiger partial charge is 0.264 e. The summed E-state index contributed by atoms with van der Waals surface area (Å²) in [6, 6.07) is 1.78. The highest BCUT2D eigenvalue weighted by atomic mass is 79.9. The third-order valence-corrected chi connectivity index (χ3v) is 4.78. The highest BCUT2D eigenvalue weighted by Gasteiger charge is 2.15. The second-order valence-corrected chi connectivity index (χ2v) is 5.82. The van der Waals surface area contributed by atoms with Gasteiger partial charge in [0.25, 0.3) is 5.91 Å². The van der Waals surface area contributed by atoms with E-state index in [1.54, 1.807) is 13.1 Å². The third-order valence-electron chi connectivity index (χ3n) is 1.53. The van der Waals surface area contributed by atoms with Gasteiger partial charge in [-0.25, -0.2) is 0 Å². The summed E-state index contributed by atoms with van der Waals surface area (Å²) in [6.45, 7) is 0.325. The molecule has 1 rings (SSSR count). The molecular formula is C9H7Br2NOS. The molecule has 0 aliphatic heterocycles. The molecule has 1 heterocycles. The van der Waals surface area contributed by atoms with Crippen molar-refractivity contribution >= 4 is 49.1 Å². The van der Waals surface area contributed by atoms with E-state index >= 15 is 0 Å². The van der Waals surface area contributed by atoms with Crippen LogP contribution in [0.4, 0.5) is 0 Å². The largest absolute Gasteiger partial charge is 0.330 e. The van der Waals surface area contributed by atoms with Gasteiger partial charge in [-0.1, -0.05) is 5.92 Å². The molecule has 0 saturated heterocycles. The van der Waals surface area contributed by atoms with Crippen molar-refractivity contribution in [3.05, 3.63) is 19.2 Å². The van der Waals surface area contributed by atoms with Gasteiger partial charge in [0, 0.05) is 11.5 Å². The van der Waals surface area contributed by atoms with E-state index in [0.29, 0.717) is 11.4 Å². The number of thiophene rings is 1. The van der Waals surface area contributed by atoms with E-state index in [1.807, 2.05) is 0 Å². The van der Waals surface area contributed by atoms with E-state index in [-0.39, 0.29) is 5.91 Å². The van der Waals surface area contributed by atoms with E-state index in [1.165, 1.54) is 16.2 Å². The van der Waals surface area contributed by atoms with Gasteiger partial charge in [0.15, 0.2) is 0 Å². The molecule has 0 aliphatic carbocycles. The van der Waals surface area contributed by atoms with E-state index in [2.05, 4.69) is 37.8 Å². The Hall–Kier alpha value is -0.310. The van der Waals surface area contributed by atoms with Gasteiger partial charge in [0.05, 0.1) is 15.2 Å². The predicted octanol–water partition coefficient (Wildman–Crippen LogP) is 2.98. The van der Waals surface area contributed by atoms with E-state index in [0.717, 1.165) is 8.26 Å². The number of amides is 1. The van der Waals surface area contributed by atoms with E-state index in [9.17, 15) is 4.79 Å². The molecule has 14 heavy (non-hydrogen) atoms. The summed E-state index contributed by atoms with van der Waals surface area (Å²) in [5, 5.41) is 0. The molecule has 0 aliphatic rings. The number of terminal acetylenes is 1. The number of carbonyl (C=O) groups excluding carboxylic acids is 1. The Morgan fingerprint density at radius 1 is 1.71 bits per heavy atom. The Morgan fingerprint density at radius 2 is 2.36 bits per heavy atom. The van der Waals surface area contributed by atoms with Crippen molar-refractivity contribution in [2.24, 2.45) is 0 Å². The maximum atomic E-state index is 11.7. The summed E-state index contributed by atoms with van der Waals surface area (Å²) < 4.78 is 1.80. The summed E-state index contributed by atoms with van der Waals surface area (Å²) in [5.74, 6) is 2.37. The van der Waals surface area contributed by atoms with E-state index in [4.69, 9.17) is 6.42 Å². The van der Waals surface area contributed by atoms with E-state index < -0.39 is 0 Å². The van der Waals surface area contributed by atoms with Crippen LogP contribution in [0.1, 0.15) is 9.67 Å². The van der Waals surface area contributed by atoms with Crippen LogP contribution in [0.15, 0.2) is 14.3 Å². The first-order valence-corrected chi connectivity index (χ1v) is 6.10. The minimum atomic E-state index is -0.0562. The second-order valence-electron chi connectivity index (χ2n) is 2.60. The van der Waals surface area contributed by atoms with Gasteiger partial charge < -0.3 is 4.90 Å². The molecule has 0 atom stereocenters. The average Bonchev–Trinajstić information content (AvgIpc) is 2.46. The number of halogens is 2. The number of hydrogen-bond acceptors (Lipinski definition) is 2. The van der Waals surface area contributed by atoms with Gasteiger partial charge in [0.1, 0.15) is 0 Å². The minimum Gasteiger partial charge on any atom is -0.330 e. The molecule has 0 fully saturated rings. The number of nitrogens with zero attached hydrogens (tertiary/aromatic N) is 1. The lowest BCUT2D eigenvalue weighted by Gasteiger charge is -2.11. The van der Waals surface area contributed by atoms with Crippen molar-refractivity contribution in [1.29, 1.82) is 0 Å². The fraction of sp³-hybridized carbons (Fsp3) is 0.222. The molecule has 1 aromatic heterocycles. The van der Waals surface area contributed by atoms with Crippen LogP contribution in [0.3, 0.4) is 0 Å². The normalized spacial score (nSPS) is 9.57. The lowest BCUT2D eigenvalue weighted by atomic mass is 10.4. The van der Waals surface area contributed by atoms with Crippen LogP contribution < -0.4 is 0 Å². The zero-order valence-corrected chi connectivity index (χ0v) is 11.4. The molecule has 1 amide bonds. The van der Waals surface area contributed by atoms with Crippen molar-refractivity contribution in [1.82, 2.24) is 4.90 Å². The minimum absolute atomic E-state index is 0.0562. The lowest BCUT2D eigenvalue weighted by Crippen LogP contribution is -2.26. The standard InChI is InChI=1S/C9H7Br2NOS/c1-3-4-12(2)9(13)7-5-6(10)8(11)14-7/h1,5H,4H2,2H3. The average molecular weight is 337 g/mol. The Morgan fingerprint density at radius 3 is 2.79 bits per heavy atom. The van der Waals surface area contributed by atoms with Crippen LogP contribution in [0, 0.1) is 12.3 Å². The second kappa shape index (κ2) is 4.96. The van der Waals surface area contributed by atoms with Gasteiger partial charge in [-0.3, -0.25) is 4.79 Å². The fourth-order valence-electron chi connectivity index (χ4n) is 0.849. The van der Waals surface area contributed by atoms with Crippen LogP contribution in [-0.4, -0.2) is 24.4 Å². The summed E-state index contributed by atoms with van der Waals surface area (Å²) >= 11 is 8.04. The number of carbonyl (C=O) groups is 1. The number of hydrogen-bond donors (Lipinski definition) is 0. The zero-order valence-electron chi connectivity index (χ0n) is 7.38. The van der Waals surface area contributed by atoms with Crippen LogP contribution in [0.5, 0.6) is 0 Å². The predicted molar refractivity (Wildman–Crippen MR) is 65.5 cm³/mol. The molecule has 0 unspecified atom stereocenters. The van der Waals surface area contributed by atoms with Crippen molar-refractivity contribution in [2.75, 3.05) is 13.6 Å². The maximum absolute atomic E-state index is 11.7. The molecule has 0 bridgehead atoms. The van der Waals surface area contributed by atoms with Crippen LogP contribution >= 0.6 is 43.2 Å². The van der Waals surface area contributed by atoms with Crippen molar-refractivity contribution in [3.8, 4) is 12.3 Å². The Kier molecular flexibility index (Phi) is 4.17. The Balaban J connectivity index is 2.85. The van der Waals surface area contributed by atoms with Gasteiger partial charge in [0.2, 0.25) is 0 Å². The molecule has 0 spiro atoms. The molecule has 0 aromatic carbocycles.